The Hall–Kier alpha value is -2.73. The highest BCUT2D eigenvalue weighted by Gasteiger charge is 2.32. The van der Waals surface area contributed by atoms with Gasteiger partial charge in [-0.15, -0.1) is 11.3 Å². The number of thiophene rings is 1. The molecule has 0 saturated carbocycles. The Morgan fingerprint density at radius 1 is 1.21 bits per heavy atom. The molecule has 2 aliphatic heterocycles. The van der Waals surface area contributed by atoms with Gasteiger partial charge in [-0.2, -0.15) is 5.10 Å². The van der Waals surface area contributed by atoms with Crippen molar-refractivity contribution < 1.29 is 19.2 Å². The van der Waals surface area contributed by atoms with Crippen LogP contribution in [0.15, 0.2) is 28.8 Å². The molecule has 0 aromatic carbocycles. The van der Waals surface area contributed by atoms with Gasteiger partial charge in [0.15, 0.2) is 11.5 Å². The Kier molecular flexibility index (Phi) is 8.18. The van der Waals surface area contributed by atoms with Crippen LogP contribution in [0.4, 0.5) is 0 Å². The minimum absolute atomic E-state index is 0.0647. The summed E-state index contributed by atoms with van der Waals surface area (Å²) in [6, 6.07) is 7.29. The second-order valence-corrected chi connectivity index (χ2v) is 11.9. The standard InChI is InChI=1S/C26H33ClN6O4S/c1-16(2)31-10-7-17(8-11-31)28-25(35)20-13-21(26(36)32-9-3-4-19(32)15-34)33(29-20)14-18-12-22(37-30-18)23-5-6-24(27)38-23/h5-6,12-13,16-17,19,34H,3-4,7-11,14-15H2,1-2H3,(H,28,35). The fraction of sp³-hybridized carbons (Fsp3) is 0.538. The Balaban J connectivity index is 1.36. The summed E-state index contributed by atoms with van der Waals surface area (Å²) >= 11 is 7.44. The Bertz CT molecular complexity index is 1280. The van der Waals surface area contributed by atoms with Gasteiger partial charge in [-0.3, -0.25) is 14.3 Å². The third kappa shape index (κ3) is 5.80. The summed E-state index contributed by atoms with van der Waals surface area (Å²) in [6.07, 6.45) is 3.31. The van der Waals surface area contributed by atoms with Gasteiger partial charge in [0, 0.05) is 43.9 Å². The van der Waals surface area contributed by atoms with Crippen LogP contribution in [-0.2, 0) is 6.54 Å². The molecule has 204 valence electrons. The van der Waals surface area contributed by atoms with Crippen LogP contribution in [0.5, 0.6) is 0 Å². The fourth-order valence-electron chi connectivity index (χ4n) is 5.18. The second-order valence-electron chi connectivity index (χ2n) is 10.2. The number of hydrogen-bond acceptors (Lipinski definition) is 8. The molecule has 12 heteroatoms. The van der Waals surface area contributed by atoms with Crippen LogP contribution in [0.1, 0.15) is 66.2 Å². The molecule has 1 atom stereocenters. The molecule has 2 amide bonds. The summed E-state index contributed by atoms with van der Waals surface area (Å²) < 4.78 is 7.65. The zero-order valence-corrected chi connectivity index (χ0v) is 23.2. The van der Waals surface area contributed by atoms with Gasteiger partial charge in [-0.1, -0.05) is 16.8 Å². The van der Waals surface area contributed by atoms with Crippen molar-refractivity contribution in [1.82, 2.24) is 30.1 Å². The number of nitrogens with zero attached hydrogens (tertiary/aromatic N) is 5. The SMILES string of the molecule is CC(C)N1CCC(NC(=O)c2cc(C(=O)N3CCCC3CO)n(Cc3cc(-c4ccc(Cl)s4)on3)n2)CC1. The van der Waals surface area contributed by atoms with Crippen molar-refractivity contribution >= 4 is 34.8 Å². The van der Waals surface area contributed by atoms with Gasteiger partial charge in [0.1, 0.15) is 11.4 Å². The number of likely N-dealkylation sites (tertiary alicyclic amines) is 2. The minimum atomic E-state index is -0.296. The summed E-state index contributed by atoms with van der Waals surface area (Å²) in [5.74, 6) is 0.0182. The van der Waals surface area contributed by atoms with Gasteiger partial charge < -0.3 is 24.7 Å². The van der Waals surface area contributed by atoms with Gasteiger partial charge >= 0.3 is 0 Å². The first kappa shape index (κ1) is 26.9. The number of carbonyl (C=O) groups excluding carboxylic acids is 2. The van der Waals surface area contributed by atoms with Gasteiger partial charge in [0.25, 0.3) is 11.8 Å². The van der Waals surface area contributed by atoms with Crippen molar-refractivity contribution in [2.45, 2.75) is 64.2 Å². The monoisotopic (exact) mass is 560 g/mol. The third-order valence-corrected chi connectivity index (χ3v) is 8.61. The lowest BCUT2D eigenvalue weighted by atomic mass is 10.0. The van der Waals surface area contributed by atoms with Crippen molar-refractivity contribution in [2.24, 2.45) is 0 Å². The first-order valence-corrected chi connectivity index (χ1v) is 14.3. The lowest BCUT2D eigenvalue weighted by Gasteiger charge is -2.34. The number of halogens is 1. The predicted molar refractivity (Wildman–Crippen MR) is 144 cm³/mol. The van der Waals surface area contributed by atoms with Crippen LogP contribution in [0.25, 0.3) is 10.6 Å². The first-order chi connectivity index (χ1) is 18.3. The molecule has 3 aromatic rings. The van der Waals surface area contributed by atoms with Crippen molar-refractivity contribution in [3.63, 3.8) is 0 Å². The molecule has 1 unspecified atom stereocenters. The van der Waals surface area contributed by atoms with Gasteiger partial charge in [-0.05, 0) is 51.7 Å². The van der Waals surface area contributed by atoms with Crippen LogP contribution in [-0.4, -0.2) is 86.0 Å². The molecule has 2 saturated heterocycles. The zero-order chi connectivity index (χ0) is 26.8. The van der Waals surface area contributed by atoms with Gasteiger partial charge in [0.05, 0.1) is 28.4 Å². The smallest absolute Gasteiger partial charge is 0.272 e. The van der Waals surface area contributed by atoms with E-state index >= 15 is 0 Å². The molecule has 2 N–H and O–H groups in total. The molecule has 3 aromatic heterocycles. The minimum Gasteiger partial charge on any atom is -0.394 e. The maximum atomic E-state index is 13.5. The number of aliphatic hydroxyl groups excluding tert-OH is 1. The topological polar surface area (TPSA) is 117 Å². The van der Waals surface area contributed by atoms with Crippen LogP contribution in [0, 0.1) is 0 Å². The average Bonchev–Trinajstić information content (AvgIpc) is 3.71. The highest BCUT2D eigenvalue weighted by atomic mass is 35.5. The van der Waals surface area contributed by atoms with Crippen molar-refractivity contribution in [3.8, 4) is 10.6 Å². The number of amides is 2. The van der Waals surface area contributed by atoms with E-state index in [1.165, 1.54) is 16.0 Å². The molecule has 5 rings (SSSR count). The largest absolute Gasteiger partial charge is 0.394 e. The van der Waals surface area contributed by atoms with Crippen molar-refractivity contribution in [3.05, 3.63) is 45.7 Å². The molecule has 0 radical (unpaired) electrons. The summed E-state index contributed by atoms with van der Waals surface area (Å²) in [6.45, 7) is 6.83. The Morgan fingerprint density at radius 3 is 2.68 bits per heavy atom. The number of nitrogens with one attached hydrogen (secondary N) is 1. The highest BCUT2D eigenvalue weighted by Crippen LogP contribution is 2.31. The molecular formula is C26H33ClN6O4S. The number of aliphatic hydroxyl groups is 1. The van der Waals surface area contributed by atoms with E-state index in [-0.39, 0.29) is 48.4 Å². The summed E-state index contributed by atoms with van der Waals surface area (Å²) in [5.41, 5.74) is 1.04. The molecule has 2 aliphatic rings. The van der Waals surface area contributed by atoms with Crippen molar-refractivity contribution in [2.75, 3.05) is 26.2 Å². The van der Waals surface area contributed by atoms with Crippen molar-refractivity contribution in [1.29, 1.82) is 0 Å². The summed E-state index contributed by atoms with van der Waals surface area (Å²) in [7, 11) is 0. The third-order valence-electron chi connectivity index (χ3n) is 7.36. The van der Waals surface area contributed by atoms with Crippen LogP contribution >= 0.6 is 22.9 Å². The van der Waals surface area contributed by atoms with E-state index < -0.39 is 0 Å². The van der Waals surface area contributed by atoms with E-state index in [0.29, 0.717) is 28.4 Å². The Morgan fingerprint density at radius 2 is 2.00 bits per heavy atom. The van der Waals surface area contributed by atoms with E-state index in [1.54, 1.807) is 23.1 Å². The lowest BCUT2D eigenvalue weighted by Crippen LogP contribution is -2.46. The number of aromatic nitrogens is 3. The fourth-order valence-corrected chi connectivity index (χ4v) is 6.17. The molecule has 10 nitrogen and oxygen atoms in total. The van der Waals surface area contributed by atoms with Gasteiger partial charge in [0.2, 0.25) is 0 Å². The lowest BCUT2D eigenvalue weighted by molar-refractivity contribution is 0.0665. The number of rotatable bonds is 8. The highest BCUT2D eigenvalue weighted by molar-refractivity contribution is 7.19. The van der Waals surface area contributed by atoms with E-state index in [1.807, 2.05) is 6.07 Å². The van der Waals surface area contributed by atoms with Crippen LogP contribution < -0.4 is 5.32 Å². The second kappa shape index (κ2) is 11.6. The maximum Gasteiger partial charge on any atom is 0.272 e. The van der Waals surface area contributed by atoms with Gasteiger partial charge in [-0.25, -0.2) is 0 Å². The van der Waals surface area contributed by atoms with Crippen LogP contribution in [0.2, 0.25) is 4.34 Å². The number of piperidine rings is 1. The summed E-state index contributed by atoms with van der Waals surface area (Å²) in [4.78, 5) is 31.6. The Labute approximate surface area is 230 Å². The zero-order valence-electron chi connectivity index (χ0n) is 21.6. The molecule has 0 bridgehead atoms. The average molecular weight is 561 g/mol. The van der Waals surface area contributed by atoms with E-state index in [4.69, 9.17) is 16.1 Å². The molecule has 0 aliphatic carbocycles. The van der Waals surface area contributed by atoms with Crippen LogP contribution in [0.3, 0.4) is 0 Å². The predicted octanol–water partition coefficient (Wildman–Crippen LogP) is 3.50. The molecule has 38 heavy (non-hydrogen) atoms. The first-order valence-electron chi connectivity index (χ1n) is 13.1. The number of hydrogen-bond donors (Lipinski definition) is 2. The van der Waals surface area contributed by atoms with E-state index in [2.05, 4.69) is 34.3 Å². The van der Waals surface area contributed by atoms with E-state index in [9.17, 15) is 14.7 Å². The summed E-state index contributed by atoms with van der Waals surface area (Å²) in [5, 5.41) is 21.5. The normalized spacial score (nSPS) is 19.0. The quantitative estimate of drug-likeness (QED) is 0.433. The molecule has 2 fully saturated rings. The van der Waals surface area contributed by atoms with E-state index in [0.717, 1.165) is 43.6 Å². The molecule has 5 heterocycles. The number of carbonyl (C=O) groups is 2. The maximum absolute atomic E-state index is 13.5. The molecule has 0 spiro atoms. The molecular weight excluding hydrogens is 528 g/mol.